The third kappa shape index (κ3) is 3.12. The Morgan fingerprint density at radius 1 is 1.25 bits per heavy atom. The van der Waals surface area contributed by atoms with Gasteiger partial charge >= 0.3 is 0 Å². The van der Waals surface area contributed by atoms with Gasteiger partial charge in [-0.25, -0.2) is 0 Å². The Balaban J connectivity index is 2.08. The van der Waals surface area contributed by atoms with Crippen molar-refractivity contribution in [3.05, 3.63) is 29.8 Å². The van der Waals surface area contributed by atoms with Crippen LogP contribution in [0.4, 0.5) is 5.69 Å². The summed E-state index contributed by atoms with van der Waals surface area (Å²) < 4.78 is 0. The second-order valence-electron chi connectivity index (χ2n) is 6.18. The first-order valence-corrected chi connectivity index (χ1v) is 7.26. The third-order valence-corrected chi connectivity index (χ3v) is 4.25. The van der Waals surface area contributed by atoms with Gasteiger partial charge in [0.15, 0.2) is 0 Å². The van der Waals surface area contributed by atoms with Crippen molar-refractivity contribution >= 4 is 11.6 Å². The highest BCUT2D eigenvalue weighted by molar-refractivity contribution is 5.87. The summed E-state index contributed by atoms with van der Waals surface area (Å²) >= 11 is 0. The topological polar surface area (TPSA) is 75.3 Å². The molecule has 2 unspecified atom stereocenters. The fourth-order valence-corrected chi connectivity index (χ4v) is 2.66. The molecule has 0 radical (unpaired) electrons. The van der Waals surface area contributed by atoms with Gasteiger partial charge in [0, 0.05) is 5.69 Å². The molecule has 110 valence electrons. The molecular weight excluding hydrogens is 252 g/mol. The molecule has 4 heteroatoms. The Hall–Kier alpha value is -1.55. The van der Waals surface area contributed by atoms with Crippen molar-refractivity contribution in [2.75, 3.05) is 5.73 Å². The Labute approximate surface area is 120 Å². The summed E-state index contributed by atoms with van der Waals surface area (Å²) in [5.41, 5.74) is 6.66. The third-order valence-electron chi connectivity index (χ3n) is 4.25. The molecule has 0 aliphatic heterocycles. The maximum Gasteiger partial charge on any atom is 0.230 e. The number of rotatable bonds is 3. The van der Waals surface area contributed by atoms with E-state index >= 15 is 0 Å². The SMILES string of the molecule is CC(C)(C(=O)NC1CCCCC1O)c1ccc(N)cc1. The number of carbonyl (C=O) groups excluding carboxylic acids is 1. The summed E-state index contributed by atoms with van der Waals surface area (Å²) in [6.07, 6.45) is 3.30. The van der Waals surface area contributed by atoms with Gasteiger partial charge in [-0.1, -0.05) is 25.0 Å². The van der Waals surface area contributed by atoms with Crippen LogP contribution in [0.25, 0.3) is 0 Å². The van der Waals surface area contributed by atoms with E-state index in [2.05, 4.69) is 5.32 Å². The lowest BCUT2D eigenvalue weighted by atomic mass is 9.82. The van der Waals surface area contributed by atoms with Crippen molar-refractivity contribution in [3.63, 3.8) is 0 Å². The Bertz CT molecular complexity index is 468. The van der Waals surface area contributed by atoms with Crippen molar-refractivity contribution < 1.29 is 9.90 Å². The monoisotopic (exact) mass is 276 g/mol. The lowest BCUT2D eigenvalue weighted by Crippen LogP contribution is -2.50. The maximum atomic E-state index is 12.5. The highest BCUT2D eigenvalue weighted by Crippen LogP contribution is 2.26. The molecule has 0 spiro atoms. The van der Waals surface area contributed by atoms with Crippen molar-refractivity contribution in [1.82, 2.24) is 5.32 Å². The number of carbonyl (C=O) groups is 1. The molecule has 1 aromatic carbocycles. The van der Waals surface area contributed by atoms with E-state index in [0.717, 1.165) is 31.2 Å². The van der Waals surface area contributed by atoms with E-state index < -0.39 is 11.5 Å². The minimum Gasteiger partial charge on any atom is -0.399 e. The van der Waals surface area contributed by atoms with E-state index in [1.807, 2.05) is 26.0 Å². The number of nitrogens with one attached hydrogen (secondary N) is 1. The minimum absolute atomic E-state index is 0.0479. The van der Waals surface area contributed by atoms with Gasteiger partial charge in [-0.15, -0.1) is 0 Å². The average Bonchev–Trinajstić information content (AvgIpc) is 2.41. The summed E-state index contributed by atoms with van der Waals surface area (Å²) in [6, 6.07) is 7.25. The first-order chi connectivity index (χ1) is 9.41. The molecule has 2 atom stereocenters. The number of anilines is 1. The molecular formula is C16H24N2O2. The molecule has 0 saturated heterocycles. The van der Waals surface area contributed by atoms with Gasteiger partial charge in [0.05, 0.1) is 17.6 Å². The van der Waals surface area contributed by atoms with Gasteiger partial charge in [0.25, 0.3) is 0 Å². The number of hydrogen-bond donors (Lipinski definition) is 3. The maximum absolute atomic E-state index is 12.5. The summed E-state index contributed by atoms with van der Waals surface area (Å²) in [5.74, 6) is -0.0479. The van der Waals surface area contributed by atoms with E-state index in [1.54, 1.807) is 12.1 Å². The molecule has 1 aliphatic carbocycles. The minimum atomic E-state index is -0.634. The van der Waals surface area contributed by atoms with Crippen LogP contribution < -0.4 is 11.1 Å². The van der Waals surface area contributed by atoms with Gasteiger partial charge in [0.2, 0.25) is 5.91 Å². The van der Waals surface area contributed by atoms with Crippen molar-refractivity contribution in [1.29, 1.82) is 0 Å². The molecule has 1 saturated carbocycles. The number of aliphatic hydroxyl groups is 1. The number of amides is 1. The van der Waals surface area contributed by atoms with E-state index in [4.69, 9.17) is 5.73 Å². The average molecular weight is 276 g/mol. The lowest BCUT2D eigenvalue weighted by molar-refractivity contribution is -0.127. The summed E-state index contributed by atoms with van der Waals surface area (Å²) in [7, 11) is 0. The predicted molar refractivity (Wildman–Crippen MR) is 80.3 cm³/mol. The number of hydrogen-bond acceptors (Lipinski definition) is 3. The molecule has 20 heavy (non-hydrogen) atoms. The Morgan fingerprint density at radius 3 is 2.45 bits per heavy atom. The number of nitrogen functional groups attached to an aromatic ring is 1. The van der Waals surface area contributed by atoms with E-state index in [1.165, 1.54) is 0 Å². The first kappa shape index (κ1) is 14.9. The molecule has 1 aliphatic rings. The largest absolute Gasteiger partial charge is 0.399 e. The summed E-state index contributed by atoms with van der Waals surface area (Å²) in [5, 5.41) is 13.0. The van der Waals surface area contributed by atoms with Gasteiger partial charge in [-0.2, -0.15) is 0 Å². The fourth-order valence-electron chi connectivity index (χ4n) is 2.66. The Morgan fingerprint density at radius 2 is 1.85 bits per heavy atom. The highest BCUT2D eigenvalue weighted by atomic mass is 16.3. The van der Waals surface area contributed by atoms with Crippen LogP contribution in [0.1, 0.15) is 45.1 Å². The van der Waals surface area contributed by atoms with Crippen molar-refractivity contribution in [2.45, 2.75) is 57.1 Å². The van der Waals surface area contributed by atoms with Crippen molar-refractivity contribution in [2.24, 2.45) is 0 Å². The van der Waals surface area contributed by atoms with E-state index in [0.29, 0.717) is 5.69 Å². The van der Waals surface area contributed by atoms with Crippen LogP contribution in [-0.2, 0) is 10.2 Å². The smallest absolute Gasteiger partial charge is 0.230 e. The molecule has 1 amide bonds. The van der Waals surface area contributed by atoms with Crippen LogP contribution in [0.15, 0.2) is 24.3 Å². The predicted octanol–water partition coefficient (Wildman–Crippen LogP) is 1.97. The number of benzene rings is 1. The molecule has 4 nitrogen and oxygen atoms in total. The zero-order valence-corrected chi connectivity index (χ0v) is 12.2. The molecule has 0 aromatic heterocycles. The molecule has 0 heterocycles. The zero-order valence-electron chi connectivity index (χ0n) is 12.2. The van der Waals surface area contributed by atoms with Crippen LogP contribution in [0.5, 0.6) is 0 Å². The number of aliphatic hydroxyl groups excluding tert-OH is 1. The summed E-state index contributed by atoms with van der Waals surface area (Å²) in [6.45, 7) is 3.78. The van der Waals surface area contributed by atoms with Crippen LogP contribution in [0.3, 0.4) is 0 Å². The molecule has 0 bridgehead atoms. The van der Waals surface area contributed by atoms with Crippen LogP contribution >= 0.6 is 0 Å². The van der Waals surface area contributed by atoms with Crippen LogP contribution in [0.2, 0.25) is 0 Å². The van der Waals surface area contributed by atoms with Gasteiger partial charge in [-0.05, 0) is 44.4 Å². The molecule has 1 fully saturated rings. The van der Waals surface area contributed by atoms with Crippen LogP contribution in [-0.4, -0.2) is 23.2 Å². The standard InChI is InChI=1S/C16H24N2O2/c1-16(2,11-7-9-12(17)10-8-11)15(20)18-13-5-3-4-6-14(13)19/h7-10,13-14,19H,3-6,17H2,1-2H3,(H,18,20). The van der Waals surface area contributed by atoms with Crippen molar-refractivity contribution in [3.8, 4) is 0 Å². The molecule has 2 rings (SSSR count). The first-order valence-electron chi connectivity index (χ1n) is 7.26. The Kier molecular flexibility index (Phi) is 4.33. The molecule has 1 aromatic rings. The van der Waals surface area contributed by atoms with Gasteiger partial charge < -0.3 is 16.2 Å². The summed E-state index contributed by atoms with van der Waals surface area (Å²) in [4.78, 5) is 12.5. The van der Waals surface area contributed by atoms with E-state index in [-0.39, 0.29) is 11.9 Å². The fraction of sp³-hybridized carbons (Fsp3) is 0.562. The van der Waals surface area contributed by atoms with Crippen LogP contribution in [0, 0.1) is 0 Å². The number of nitrogens with two attached hydrogens (primary N) is 1. The van der Waals surface area contributed by atoms with Gasteiger partial charge in [0.1, 0.15) is 0 Å². The lowest BCUT2D eigenvalue weighted by Gasteiger charge is -2.32. The van der Waals surface area contributed by atoms with E-state index in [9.17, 15) is 9.90 Å². The second kappa shape index (κ2) is 5.83. The second-order valence-corrected chi connectivity index (χ2v) is 6.18. The quantitative estimate of drug-likeness (QED) is 0.739. The van der Waals surface area contributed by atoms with Gasteiger partial charge in [-0.3, -0.25) is 4.79 Å². The zero-order chi connectivity index (χ0) is 14.8. The highest BCUT2D eigenvalue weighted by Gasteiger charge is 2.33. The molecule has 4 N–H and O–H groups in total. The normalized spacial score (nSPS) is 23.4.